The summed E-state index contributed by atoms with van der Waals surface area (Å²) in [5.41, 5.74) is 5.80. The Kier molecular flexibility index (Phi) is 8.14. The lowest BCUT2D eigenvalue weighted by Gasteiger charge is -2.36. The van der Waals surface area contributed by atoms with Crippen molar-refractivity contribution < 1.29 is 9.53 Å². The zero-order valence-corrected chi connectivity index (χ0v) is 24.5. The van der Waals surface area contributed by atoms with Crippen molar-refractivity contribution >= 4 is 11.6 Å². The molecule has 0 aliphatic heterocycles. The van der Waals surface area contributed by atoms with Gasteiger partial charge in [-0.3, -0.25) is 9.48 Å². The zero-order valence-electron chi connectivity index (χ0n) is 24.5. The summed E-state index contributed by atoms with van der Waals surface area (Å²) in [5, 5.41) is 14.0. The molecule has 6 nitrogen and oxygen atoms in total. The molecule has 1 aromatic heterocycles. The minimum Gasteiger partial charge on any atom is -0.496 e. The number of nitriles is 1. The molecule has 3 aliphatic carbocycles. The van der Waals surface area contributed by atoms with Gasteiger partial charge in [0, 0.05) is 35.8 Å². The molecule has 0 unspecified atom stereocenters. The summed E-state index contributed by atoms with van der Waals surface area (Å²) in [6, 6.07) is 18.1. The molecule has 0 spiro atoms. The first-order valence-corrected chi connectivity index (χ1v) is 15.5. The molecule has 0 N–H and O–H groups in total. The van der Waals surface area contributed by atoms with Crippen LogP contribution >= 0.6 is 0 Å². The molecule has 1 amide bonds. The van der Waals surface area contributed by atoms with Crippen molar-refractivity contribution in [2.45, 2.75) is 83.1 Å². The molecule has 6 rings (SSSR count). The number of rotatable bonds is 8. The van der Waals surface area contributed by atoms with Crippen LogP contribution < -0.4 is 9.64 Å². The predicted molar refractivity (Wildman–Crippen MR) is 162 cm³/mol. The number of anilines is 1. The van der Waals surface area contributed by atoms with Crippen LogP contribution in [0.15, 0.2) is 54.9 Å². The quantitative estimate of drug-likeness (QED) is 0.286. The van der Waals surface area contributed by atoms with Gasteiger partial charge in [-0.2, -0.15) is 10.4 Å². The highest BCUT2D eigenvalue weighted by Gasteiger charge is 2.33. The Bertz CT molecular complexity index is 1400. The molecular formula is C35H42N4O2. The van der Waals surface area contributed by atoms with Crippen molar-refractivity contribution in [2.75, 3.05) is 18.6 Å². The molecule has 0 radical (unpaired) electrons. The number of methoxy groups -OCH3 is 1. The van der Waals surface area contributed by atoms with E-state index in [1.54, 1.807) is 7.11 Å². The first-order chi connectivity index (χ1) is 20.0. The zero-order chi connectivity index (χ0) is 28.3. The van der Waals surface area contributed by atoms with E-state index >= 15 is 0 Å². The summed E-state index contributed by atoms with van der Waals surface area (Å²) >= 11 is 0. The molecule has 3 fully saturated rings. The van der Waals surface area contributed by atoms with Gasteiger partial charge < -0.3 is 9.64 Å². The molecule has 0 bridgehead atoms. The van der Waals surface area contributed by atoms with E-state index < -0.39 is 0 Å². The van der Waals surface area contributed by atoms with Crippen molar-refractivity contribution in [1.29, 1.82) is 5.26 Å². The van der Waals surface area contributed by atoms with Gasteiger partial charge >= 0.3 is 0 Å². The van der Waals surface area contributed by atoms with E-state index in [1.165, 1.54) is 24.0 Å². The molecule has 0 atom stereocenters. The number of aromatic nitrogens is 2. The third-order valence-electron chi connectivity index (χ3n) is 9.72. The average molecular weight is 551 g/mol. The van der Waals surface area contributed by atoms with E-state index in [0.717, 1.165) is 80.5 Å². The van der Waals surface area contributed by atoms with Crippen LogP contribution in [0.25, 0.3) is 11.1 Å². The number of nitrogens with zero attached hydrogens (tertiary/aromatic N) is 4. The van der Waals surface area contributed by atoms with Crippen LogP contribution in [0.5, 0.6) is 5.75 Å². The first-order valence-electron chi connectivity index (χ1n) is 15.5. The molecule has 6 heteroatoms. The summed E-state index contributed by atoms with van der Waals surface area (Å²) in [7, 11) is 1.73. The maximum Gasteiger partial charge on any atom is 0.230 e. The summed E-state index contributed by atoms with van der Waals surface area (Å²) in [4.78, 5) is 16.2. The van der Waals surface area contributed by atoms with E-state index in [2.05, 4.69) is 76.3 Å². The minimum absolute atomic E-state index is 0.000476. The van der Waals surface area contributed by atoms with Crippen LogP contribution in [0.2, 0.25) is 0 Å². The minimum atomic E-state index is -0.000476. The summed E-state index contributed by atoms with van der Waals surface area (Å²) in [6.07, 6.45) is 14.3. The van der Waals surface area contributed by atoms with Gasteiger partial charge in [0.25, 0.3) is 0 Å². The Morgan fingerprint density at radius 3 is 2.46 bits per heavy atom. The van der Waals surface area contributed by atoms with Gasteiger partial charge in [-0.15, -0.1) is 0 Å². The fraction of sp³-hybridized carbons (Fsp3) is 0.514. The number of hydrogen-bond acceptors (Lipinski definition) is 4. The third-order valence-corrected chi connectivity index (χ3v) is 9.72. The highest BCUT2D eigenvalue weighted by molar-refractivity contribution is 5.95. The predicted octanol–water partition coefficient (Wildman–Crippen LogP) is 7.84. The fourth-order valence-electron chi connectivity index (χ4n) is 6.98. The van der Waals surface area contributed by atoms with Crippen molar-refractivity contribution in [2.24, 2.45) is 17.8 Å². The summed E-state index contributed by atoms with van der Waals surface area (Å²) in [6.45, 7) is 2.88. The number of carbonyl (C=O) groups excluding carboxylic acids is 1. The summed E-state index contributed by atoms with van der Waals surface area (Å²) < 4.78 is 7.55. The van der Waals surface area contributed by atoms with Crippen molar-refractivity contribution in [3.63, 3.8) is 0 Å². The van der Waals surface area contributed by atoms with Crippen LogP contribution in [0.3, 0.4) is 0 Å². The number of carbonyl (C=O) groups is 1. The lowest BCUT2D eigenvalue weighted by Crippen LogP contribution is -2.41. The SMILES string of the molecule is COc1ccc(C2CCC(CN(C(=O)C3CCC(C#N)CC3)c3cccc(-c4cnn(C5CC5)c4)c3)CC2)cc1C. The highest BCUT2D eigenvalue weighted by atomic mass is 16.5. The van der Waals surface area contributed by atoms with Crippen LogP contribution in [-0.2, 0) is 4.79 Å². The van der Waals surface area contributed by atoms with Gasteiger partial charge in [0.1, 0.15) is 5.75 Å². The molecule has 3 saturated carbocycles. The van der Waals surface area contributed by atoms with Gasteiger partial charge in [0.05, 0.1) is 25.4 Å². The topological polar surface area (TPSA) is 71.2 Å². The normalized spacial score (nSPS) is 24.4. The number of hydrogen-bond donors (Lipinski definition) is 0. The largest absolute Gasteiger partial charge is 0.496 e. The number of amides is 1. The molecule has 3 aromatic rings. The van der Waals surface area contributed by atoms with Gasteiger partial charge in [-0.05, 0) is 118 Å². The van der Waals surface area contributed by atoms with Crippen LogP contribution in [0.1, 0.15) is 87.3 Å². The number of benzene rings is 2. The van der Waals surface area contributed by atoms with E-state index in [-0.39, 0.29) is 17.7 Å². The summed E-state index contributed by atoms with van der Waals surface area (Å²) in [5.74, 6) is 2.32. The van der Waals surface area contributed by atoms with E-state index in [1.807, 2.05) is 6.20 Å². The van der Waals surface area contributed by atoms with E-state index in [0.29, 0.717) is 17.9 Å². The molecule has 2 aromatic carbocycles. The lowest BCUT2D eigenvalue weighted by atomic mass is 9.77. The molecule has 3 aliphatic rings. The Labute approximate surface area is 244 Å². The van der Waals surface area contributed by atoms with Gasteiger partial charge in [-0.25, -0.2) is 0 Å². The molecule has 0 saturated heterocycles. The first kappa shape index (κ1) is 27.6. The van der Waals surface area contributed by atoms with Gasteiger partial charge in [0.15, 0.2) is 0 Å². The van der Waals surface area contributed by atoms with Crippen LogP contribution in [0.4, 0.5) is 5.69 Å². The molecule has 214 valence electrons. The Hall–Kier alpha value is -3.59. The van der Waals surface area contributed by atoms with E-state index in [9.17, 15) is 10.1 Å². The van der Waals surface area contributed by atoms with Gasteiger partial charge in [-0.1, -0.05) is 24.3 Å². The van der Waals surface area contributed by atoms with Crippen LogP contribution in [0, 0.1) is 36.0 Å². The lowest BCUT2D eigenvalue weighted by molar-refractivity contribution is -0.123. The smallest absolute Gasteiger partial charge is 0.230 e. The molecular weight excluding hydrogens is 508 g/mol. The molecule has 41 heavy (non-hydrogen) atoms. The standard InChI is InChI=1S/C35H42N4O2/c1-24-18-30(14-17-34(24)41-2)27-10-8-26(9-11-27)22-38(35(40)28-12-6-25(20-36)7-13-28)33-5-3-4-29(19-33)31-21-37-39(23-31)32-15-16-32/h3-5,14,17-19,21,23,25-28,32H,6-13,15-16,22H2,1-2H3. The number of ether oxygens (including phenoxy) is 1. The second kappa shape index (κ2) is 12.1. The fourth-order valence-corrected chi connectivity index (χ4v) is 6.98. The number of aryl methyl sites for hydroxylation is 1. The Morgan fingerprint density at radius 1 is 1.00 bits per heavy atom. The van der Waals surface area contributed by atoms with Crippen molar-refractivity contribution in [3.05, 3.63) is 66.0 Å². The van der Waals surface area contributed by atoms with Gasteiger partial charge in [0.2, 0.25) is 5.91 Å². The third kappa shape index (κ3) is 6.20. The Morgan fingerprint density at radius 2 is 1.78 bits per heavy atom. The van der Waals surface area contributed by atoms with Crippen LogP contribution in [-0.4, -0.2) is 29.3 Å². The average Bonchev–Trinajstić information content (AvgIpc) is 3.75. The van der Waals surface area contributed by atoms with Crippen molar-refractivity contribution in [3.8, 4) is 22.9 Å². The molecule has 1 heterocycles. The second-order valence-electron chi connectivity index (χ2n) is 12.6. The maximum absolute atomic E-state index is 14.1. The van der Waals surface area contributed by atoms with Crippen molar-refractivity contribution in [1.82, 2.24) is 9.78 Å². The Balaban J connectivity index is 1.19. The second-order valence-corrected chi connectivity index (χ2v) is 12.6. The highest BCUT2D eigenvalue weighted by Crippen LogP contribution is 2.40. The maximum atomic E-state index is 14.1. The monoisotopic (exact) mass is 550 g/mol. The van der Waals surface area contributed by atoms with E-state index in [4.69, 9.17) is 4.74 Å².